The van der Waals surface area contributed by atoms with Crippen LogP contribution in [0.15, 0.2) is 39.0 Å². The van der Waals surface area contributed by atoms with E-state index in [1.807, 2.05) is 0 Å². The molecule has 0 fully saturated rings. The summed E-state index contributed by atoms with van der Waals surface area (Å²) < 4.78 is 47.7. The lowest BCUT2D eigenvalue weighted by molar-refractivity contribution is -0.388. The van der Waals surface area contributed by atoms with Crippen molar-refractivity contribution in [2.45, 2.75) is 50.3 Å². The minimum Gasteiger partial charge on any atom is -0.370 e. The zero-order valence-electron chi connectivity index (χ0n) is 22.4. The molecule has 0 radical (unpaired) electrons. The van der Waals surface area contributed by atoms with Crippen LogP contribution in [0.5, 0.6) is 0 Å². The first-order valence-corrected chi connectivity index (χ1v) is 15.5. The first kappa shape index (κ1) is 35.1. The zero-order chi connectivity index (χ0) is 31.9. The minimum absolute atomic E-state index is 0.0362. The number of nitro groups is 2. The van der Waals surface area contributed by atoms with Crippen molar-refractivity contribution in [2.75, 3.05) is 11.5 Å². The molecule has 2 aromatic carbocycles. The second-order valence-corrected chi connectivity index (χ2v) is 12.9. The van der Waals surface area contributed by atoms with Crippen LogP contribution in [0.25, 0.3) is 0 Å². The first-order valence-electron chi connectivity index (χ1n) is 11.8. The Morgan fingerprint density at radius 1 is 0.780 bits per heavy atom. The number of nitrogens with zero attached hydrogens (tertiary/aromatic N) is 3. The van der Waals surface area contributed by atoms with Gasteiger partial charge < -0.3 is 11.5 Å². The molecule has 2 rings (SSSR count). The Labute approximate surface area is 240 Å². The van der Waals surface area contributed by atoms with Gasteiger partial charge in [0.15, 0.2) is 25.6 Å². The standard InChI is InChI=1S/C12H16N4O5S.C11H12ClNO5S/c1-3-7-5-10(22(20,21)4-2)9(16(18)19)6-8(7)11(17)15-12(13)14;1-3-7-5-10(19(17,18)4-2)9(13(15)16)6-8(7)11(12)14/h5-6H,3-4H2,1-2H3,(H4,13,14,15,17);5-6H,3-4H2,1-2H3. The average molecular weight is 634 g/mol. The number of aliphatic imine (C=N–C) groups is 1. The molecular formula is C23H28ClN5O10S2. The SMILES string of the molecule is CCc1cc(S(=O)(=O)CC)c([N+](=O)[O-])cc1C(=O)Cl.CCc1cc(S(=O)(=O)CC)c([N+](=O)[O-])cc1C(=O)N=C(N)N. The number of guanidine groups is 1. The fraction of sp³-hybridized carbons (Fsp3) is 0.348. The second-order valence-electron chi connectivity index (χ2n) is 8.10. The molecule has 41 heavy (non-hydrogen) atoms. The highest BCUT2D eigenvalue weighted by Gasteiger charge is 2.29. The Kier molecular flexibility index (Phi) is 12.1. The molecule has 0 aliphatic carbocycles. The molecular weight excluding hydrogens is 606 g/mol. The van der Waals surface area contributed by atoms with E-state index in [0.717, 1.165) is 24.3 Å². The normalized spacial score (nSPS) is 11.1. The van der Waals surface area contributed by atoms with Gasteiger partial charge in [0, 0.05) is 17.7 Å². The highest BCUT2D eigenvalue weighted by molar-refractivity contribution is 7.91. The number of nitrogens with two attached hydrogens (primary N) is 2. The molecule has 18 heteroatoms. The van der Waals surface area contributed by atoms with Gasteiger partial charge in [-0.15, -0.1) is 0 Å². The number of rotatable bonds is 10. The third-order valence-corrected chi connectivity index (χ3v) is 9.35. The number of halogens is 1. The van der Waals surface area contributed by atoms with Gasteiger partial charge in [0.2, 0.25) is 0 Å². The van der Waals surface area contributed by atoms with E-state index in [0.29, 0.717) is 17.5 Å². The molecule has 0 aromatic heterocycles. The molecule has 0 atom stereocenters. The van der Waals surface area contributed by atoms with Crippen molar-refractivity contribution in [3.05, 3.63) is 66.7 Å². The largest absolute Gasteiger partial charge is 0.370 e. The maximum Gasteiger partial charge on any atom is 0.288 e. The number of carbonyl (C=O) groups is 2. The van der Waals surface area contributed by atoms with E-state index >= 15 is 0 Å². The summed E-state index contributed by atoms with van der Waals surface area (Å²) in [5.41, 5.74) is 9.49. The lowest BCUT2D eigenvalue weighted by Gasteiger charge is -2.09. The molecule has 0 aliphatic rings. The van der Waals surface area contributed by atoms with Crippen LogP contribution in [-0.4, -0.2) is 55.3 Å². The number of amides is 1. The van der Waals surface area contributed by atoms with Crippen LogP contribution < -0.4 is 11.5 Å². The maximum absolute atomic E-state index is 12.0. The highest BCUT2D eigenvalue weighted by atomic mass is 35.5. The third kappa shape index (κ3) is 8.51. The topological polar surface area (TPSA) is 253 Å². The lowest BCUT2D eigenvalue weighted by atomic mass is 10.0. The van der Waals surface area contributed by atoms with Gasteiger partial charge in [0.25, 0.3) is 22.5 Å². The van der Waals surface area contributed by atoms with E-state index < -0.39 is 62.9 Å². The van der Waals surface area contributed by atoms with Crippen LogP contribution in [0.3, 0.4) is 0 Å². The smallest absolute Gasteiger partial charge is 0.288 e. The first-order chi connectivity index (χ1) is 18.9. The molecule has 0 saturated heterocycles. The second kappa shape index (κ2) is 14.1. The fourth-order valence-corrected chi connectivity index (χ4v) is 5.81. The van der Waals surface area contributed by atoms with Crippen molar-refractivity contribution in [1.29, 1.82) is 0 Å². The molecule has 0 heterocycles. The summed E-state index contributed by atoms with van der Waals surface area (Å²) in [6.07, 6.45) is 0.628. The Hall–Kier alpha value is -3.96. The molecule has 0 bridgehead atoms. The van der Waals surface area contributed by atoms with E-state index in [1.54, 1.807) is 13.8 Å². The molecule has 224 valence electrons. The van der Waals surface area contributed by atoms with Crippen molar-refractivity contribution in [1.82, 2.24) is 0 Å². The van der Waals surface area contributed by atoms with Crippen molar-refractivity contribution in [2.24, 2.45) is 16.5 Å². The quantitative estimate of drug-likeness (QED) is 0.126. The monoisotopic (exact) mass is 633 g/mol. The Balaban J connectivity index is 0.000000414. The van der Waals surface area contributed by atoms with E-state index in [1.165, 1.54) is 13.8 Å². The number of aryl methyl sites for hydroxylation is 2. The predicted molar refractivity (Wildman–Crippen MR) is 151 cm³/mol. The molecule has 0 saturated carbocycles. The number of nitro benzene ring substituents is 2. The Morgan fingerprint density at radius 3 is 1.44 bits per heavy atom. The molecule has 15 nitrogen and oxygen atoms in total. The van der Waals surface area contributed by atoms with E-state index in [4.69, 9.17) is 23.1 Å². The van der Waals surface area contributed by atoms with E-state index in [2.05, 4.69) is 4.99 Å². The third-order valence-electron chi connectivity index (χ3n) is 5.63. The predicted octanol–water partition coefficient (Wildman–Crippen LogP) is 2.69. The maximum atomic E-state index is 12.0. The molecule has 2 aromatic rings. The summed E-state index contributed by atoms with van der Waals surface area (Å²) in [4.78, 5) is 46.1. The average Bonchev–Trinajstić information content (AvgIpc) is 2.90. The van der Waals surface area contributed by atoms with Gasteiger partial charge in [0.05, 0.1) is 26.9 Å². The Bertz CT molecular complexity index is 1630. The number of hydrogen-bond acceptors (Lipinski definition) is 10. The van der Waals surface area contributed by atoms with Crippen LogP contribution >= 0.6 is 11.6 Å². The molecule has 4 N–H and O–H groups in total. The van der Waals surface area contributed by atoms with Crippen molar-refractivity contribution < 1.29 is 36.3 Å². The number of benzene rings is 2. The minimum atomic E-state index is -3.81. The van der Waals surface area contributed by atoms with Crippen LogP contribution in [0.1, 0.15) is 59.5 Å². The zero-order valence-corrected chi connectivity index (χ0v) is 24.8. The van der Waals surface area contributed by atoms with Crippen LogP contribution in [-0.2, 0) is 32.5 Å². The van der Waals surface area contributed by atoms with Crippen molar-refractivity contribution in [3.63, 3.8) is 0 Å². The summed E-state index contributed by atoms with van der Waals surface area (Å²) in [5, 5.41) is 21.2. The van der Waals surface area contributed by atoms with Crippen molar-refractivity contribution in [3.8, 4) is 0 Å². The van der Waals surface area contributed by atoms with Gasteiger partial charge in [-0.1, -0.05) is 27.7 Å². The van der Waals surface area contributed by atoms with Crippen LogP contribution in [0, 0.1) is 20.2 Å². The van der Waals surface area contributed by atoms with E-state index in [9.17, 15) is 46.7 Å². The van der Waals surface area contributed by atoms with Gasteiger partial charge in [-0.25, -0.2) is 16.8 Å². The summed E-state index contributed by atoms with van der Waals surface area (Å²) in [6.45, 7) is 6.15. The van der Waals surface area contributed by atoms with Crippen LogP contribution in [0.2, 0.25) is 0 Å². The fourth-order valence-electron chi connectivity index (χ4n) is 3.46. The summed E-state index contributed by atoms with van der Waals surface area (Å²) >= 11 is 5.35. The van der Waals surface area contributed by atoms with Crippen molar-refractivity contribution >= 4 is 59.8 Å². The number of sulfone groups is 2. The lowest BCUT2D eigenvalue weighted by Crippen LogP contribution is -2.24. The van der Waals surface area contributed by atoms with Gasteiger partial charge >= 0.3 is 0 Å². The van der Waals surface area contributed by atoms with E-state index in [-0.39, 0.29) is 33.9 Å². The summed E-state index contributed by atoms with van der Waals surface area (Å²) in [5.74, 6) is -1.90. The van der Waals surface area contributed by atoms with Gasteiger partial charge in [-0.3, -0.25) is 29.8 Å². The highest BCUT2D eigenvalue weighted by Crippen LogP contribution is 2.31. The molecule has 0 aliphatic heterocycles. The number of carbonyl (C=O) groups excluding carboxylic acids is 2. The van der Waals surface area contributed by atoms with Gasteiger partial charge in [-0.2, -0.15) is 4.99 Å². The van der Waals surface area contributed by atoms with Crippen LogP contribution in [0.4, 0.5) is 11.4 Å². The van der Waals surface area contributed by atoms with Gasteiger partial charge in [0.1, 0.15) is 9.79 Å². The molecule has 0 unspecified atom stereocenters. The van der Waals surface area contributed by atoms with Gasteiger partial charge in [-0.05, 0) is 47.7 Å². The molecule has 0 spiro atoms. The number of hydrogen-bond donors (Lipinski definition) is 2. The summed E-state index contributed by atoms with van der Waals surface area (Å²) in [7, 11) is -7.56. The molecule has 1 amide bonds. The Morgan fingerprint density at radius 2 is 1.15 bits per heavy atom. The summed E-state index contributed by atoms with van der Waals surface area (Å²) in [6, 6.07) is 4.12.